The van der Waals surface area contributed by atoms with Crippen LogP contribution in [0.25, 0.3) is 0 Å². The van der Waals surface area contributed by atoms with Crippen LogP contribution in [0.5, 0.6) is 5.75 Å². The molecule has 1 amide bonds. The number of benzene rings is 2. The van der Waals surface area contributed by atoms with Crippen LogP contribution in [-0.4, -0.2) is 17.2 Å². The number of nitrogens with one attached hydrogen (secondary N) is 1. The van der Waals surface area contributed by atoms with Gasteiger partial charge < -0.3 is 14.5 Å². The van der Waals surface area contributed by atoms with Crippen molar-refractivity contribution in [2.24, 2.45) is 0 Å². The summed E-state index contributed by atoms with van der Waals surface area (Å²) in [5.74, 6) is 1.30. The Kier molecular flexibility index (Phi) is 6.47. The van der Waals surface area contributed by atoms with Gasteiger partial charge in [0, 0.05) is 15.9 Å². The summed E-state index contributed by atoms with van der Waals surface area (Å²) >= 11 is 3.40. The second kappa shape index (κ2) is 9.01. The molecule has 0 bridgehead atoms. The quantitative estimate of drug-likeness (QED) is 0.586. The fourth-order valence-corrected chi connectivity index (χ4v) is 3.90. The van der Waals surface area contributed by atoms with Crippen LogP contribution in [-0.2, 0) is 23.1 Å². The highest BCUT2D eigenvalue weighted by molar-refractivity contribution is 9.10. The normalized spacial score (nSPS) is 11.8. The van der Waals surface area contributed by atoms with Crippen LogP contribution < -0.4 is 10.1 Å². The molecule has 0 unspecified atom stereocenters. The highest BCUT2D eigenvalue weighted by Crippen LogP contribution is 2.18. The summed E-state index contributed by atoms with van der Waals surface area (Å²) in [7, 11) is 0.315. The molecule has 0 radical (unpaired) electrons. The number of hydrogen-bond donors (Lipinski definition) is 1. The van der Waals surface area contributed by atoms with Gasteiger partial charge in [0.05, 0.1) is 23.7 Å². The predicted molar refractivity (Wildman–Crippen MR) is 107 cm³/mol. The van der Waals surface area contributed by atoms with Crippen LogP contribution in [0, 0.1) is 0 Å². The van der Waals surface area contributed by atoms with E-state index < -0.39 is 10.8 Å². The van der Waals surface area contributed by atoms with Gasteiger partial charge >= 0.3 is 0 Å². The number of carbonyl (C=O) groups excluding carboxylic acids is 1. The molecule has 7 heteroatoms. The topological polar surface area (TPSA) is 68.5 Å². The van der Waals surface area contributed by atoms with E-state index >= 15 is 0 Å². The van der Waals surface area contributed by atoms with Crippen molar-refractivity contribution in [3.8, 4) is 5.75 Å². The maximum atomic E-state index is 12.4. The van der Waals surface area contributed by atoms with Crippen molar-refractivity contribution in [2.75, 3.05) is 7.11 Å². The van der Waals surface area contributed by atoms with Crippen molar-refractivity contribution in [2.45, 2.75) is 17.2 Å². The van der Waals surface area contributed by atoms with Gasteiger partial charge in [-0.2, -0.15) is 0 Å². The zero-order valence-electron chi connectivity index (χ0n) is 14.6. The number of carbonyl (C=O) groups is 1. The minimum absolute atomic E-state index is 0.200. The molecule has 3 rings (SSSR count). The standard InChI is InChI=1S/C20H18BrNO4S/c1-25-16-5-8-18(9-6-16)27(24)13-17-7-10-19(26-17)20(23)22-12-14-3-2-4-15(21)11-14/h2-11H,12-13H2,1H3,(H,22,23)/t27-/m0/s1. The maximum Gasteiger partial charge on any atom is 0.287 e. The van der Waals surface area contributed by atoms with Crippen LogP contribution in [0.4, 0.5) is 0 Å². The van der Waals surface area contributed by atoms with E-state index in [0.29, 0.717) is 22.9 Å². The first-order valence-electron chi connectivity index (χ1n) is 8.19. The molecule has 0 fully saturated rings. The molecule has 0 saturated heterocycles. The first-order valence-corrected chi connectivity index (χ1v) is 10.3. The maximum absolute atomic E-state index is 12.4. The Morgan fingerprint density at radius 3 is 2.63 bits per heavy atom. The summed E-state index contributed by atoms with van der Waals surface area (Å²) in [6.45, 7) is 0.395. The van der Waals surface area contributed by atoms with Gasteiger partial charge in [-0.15, -0.1) is 0 Å². The van der Waals surface area contributed by atoms with E-state index in [1.54, 1.807) is 43.5 Å². The smallest absolute Gasteiger partial charge is 0.287 e. The highest BCUT2D eigenvalue weighted by Gasteiger charge is 2.14. The van der Waals surface area contributed by atoms with Crippen LogP contribution in [0.15, 0.2) is 74.4 Å². The lowest BCUT2D eigenvalue weighted by atomic mass is 10.2. The molecule has 0 aliphatic rings. The second-order valence-electron chi connectivity index (χ2n) is 5.74. The molecular formula is C20H18BrNO4S. The third kappa shape index (κ3) is 5.30. The lowest BCUT2D eigenvalue weighted by molar-refractivity contribution is 0.0921. The molecule has 27 heavy (non-hydrogen) atoms. The van der Waals surface area contributed by atoms with Crippen molar-refractivity contribution >= 4 is 32.6 Å². The Morgan fingerprint density at radius 1 is 1.15 bits per heavy atom. The third-order valence-electron chi connectivity index (χ3n) is 3.82. The molecule has 1 atom stereocenters. The number of ether oxygens (including phenoxy) is 1. The average molecular weight is 448 g/mol. The minimum atomic E-state index is -1.27. The summed E-state index contributed by atoms with van der Waals surface area (Å²) < 4.78 is 24.0. The molecule has 3 aromatic rings. The van der Waals surface area contributed by atoms with Gasteiger partial charge in [-0.05, 0) is 54.1 Å². The van der Waals surface area contributed by atoms with E-state index in [9.17, 15) is 9.00 Å². The molecular weight excluding hydrogens is 430 g/mol. The van der Waals surface area contributed by atoms with Crippen molar-refractivity contribution in [3.05, 3.63) is 82.2 Å². The van der Waals surface area contributed by atoms with Gasteiger partial charge in [-0.25, -0.2) is 0 Å². The van der Waals surface area contributed by atoms with Gasteiger partial charge in [0.25, 0.3) is 5.91 Å². The summed E-state index contributed by atoms with van der Waals surface area (Å²) in [5, 5.41) is 2.81. The van der Waals surface area contributed by atoms with E-state index in [2.05, 4.69) is 21.2 Å². The Hall–Kier alpha value is -2.38. The Bertz CT molecular complexity index is 953. The van der Waals surface area contributed by atoms with Crippen molar-refractivity contribution in [3.63, 3.8) is 0 Å². The summed E-state index contributed by atoms with van der Waals surface area (Å²) in [6, 6.07) is 18.0. The molecule has 5 nitrogen and oxygen atoms in total. The average Bonchev–Trinajstić information content (AvgIpc) is 3.15. The Labute approximate surface area is 168 Å². The number of furan rings is 1. The van der Waals surface area contributed by atoms with Crippen molar-refractivity contribution in [1.29, 1.82) is 0 Å². The summed E-state index contributed by atoms with van der Waals surface area (Å²) in [6.07, 6.45) is 0. The van der Waals surface area contributed by atoms with Gasteiger partial charge in [0.15, 0.2) is 5.76 Å². The fourth-order valence-electron chi connectivity index (χ4n) is 2.43. The number of rotatable bonds is 7. The summed E-state index contributed by atoms with van der Waals surface area (Å²) in [5.41, 5.74) is 0.977. The van der Waals surface area contributed by atoms with Crippen molar-refractivity contribution in [1.82, 2.24) is 5.32 Å². The zero-order chi connectivity index (χ0) is 19.2. The largest absolute Gasteiger partial charge is 0.497 e. The van der Waals surface area contributed by atoms with Crippen LogP contribution in [0.2, 0.25) is 0 Å². The lowest BCUT2D eigenvalue weighted by Crippen LogP contribution is -2.22. The van der Waals surface area contributed by atoms with Crippen LogP contribution >= 0.6 is 15.9 Å². The first kappa shape index (κ1) is 19.4. The van der Waals surface area contributed by atoms with E-state index in [1.165, 1.54) is 0 Å². The van der Waals surface area contributed by atoms with E-state index in [1.807, 2.05) is 24.3 Å². The molecule has 140 valence electrons. The molecule has 1 aromatic heterocycles. The molecule has 1 heterocycles. The first-order chi connectivity index (χ1) is 13.0. The Morgan fingerprint density at radius 2 is 1.93 bits per heavy atom. The zero-order valence-corrected chi connectivity index (χ0v) is 17.0. The number of halogens is 1. The molecule has 0 aliphatic carbocycles. The van der Waals surface area contributed by atoms with Crippen molar-refractivity contribution < 1.29 is 18.2 Å². The molecule has 0 aliphatic heterocycles. The fraction of sp³-hybridized carbons (Fsp3) is 0.150. The number of amides is 1. The lowest BCUT2D eigenvalue weighted by Gasteiger charge is -2.04. The van der Waals surface area contributed by atoms with E-state index in [0.717, 1.165) is 10.0 Å². The summed E-state index contributed by atoms with van der Waals surface area (Å²) in [4.78, 5) is 12.9. The van der Waals surface area contributed by atoms with Crippen LogP contribution in [0.1, 0.15) is 21.9 Å². The monoisotopic (exact) mass is 447 g/mol. The predicted octanol–water partition coefficient (Wildman–Crippen LogP) is 4.29. The molecule has 0 spiro atoms. The van der Waals surface area contributed by atoms with E-state index in [-0.39, 0.29) is 17.4 Å². The third-order valence-corrected chi connectivity index (χ3v) is 5.66. The molecule has 2 aromatic carbocycles. The highest BCUT2D eigenvalue weighted by atomic mass is 79.9. The van der Waals surface area contributed by atoms with Gasteiger partial charge in [-0.1, -0.05) is 28.1 Å². The van der Waals surface area contributed by atoms with Crippen LogP contribution in [0.3, 0.4) is 0 Å². The van der Waals surface area contributed by atoms with Gasteiger partial charge in [0.2, 0.25) is 0 Å². The molecule has 0 saturated carbocycles. The van der Waals surface area contributed by atoms with Gasteiger partial charge in [-0.3, -0.25) is 9.00 Å². The number of methoxy groups -OCH3 is 1. The number of hydrogen-bond acceptors (Lipinski definition) is 4. The minimum Gasteiger partial charge on any atom is -0.497 e. The van der Waals surface area contributed by atoms with Gasteiger partial charge in [0.1, 0.15) is 11.5 Å². The molecule has 1 N–H and O–H groups in total. The SMILES string of the molecule is COc1ccc([S@@](=O)Cc2ccc(C(=O)NCc3cccc(Br)c3)o2)cc1. The Balaban J connectivity index is 1.58. The van der Waals surface area contributed by atoms with E-state index in [4.69, 9.17) is 9.15 Å². The second-order valence-corrected chi connectivity index (χ2v) is 8.11.